The first-order chi connectivity index (χ1) is 10.1. The van der Waals surface area contributed by atoms with Crippen molar-refractivity contribution in [2.75, 3.05) is 11.1 Å². The van der Waals surface area contributed by atoms with E-state index < -0.39 is 5.97 Å². The molecule has 5 nitrogen and oxygen atoms in total. The highest BCUT2D eigenvalue weighted by atomic mass is 32.2. The van der Waals surface area contributed by atoms with Crippen LogP contribution in [0.4, 0.5) is 5.69 Å². The number of carboxylic acids is 1. The molecular formula is C14H14N2O3S2. The van der Waals surface area contributed by atoms with Gasteiger partial charge in [-0.2, -0.15) is 0 Å². The molecule has 110 valence electrons. The van der Waals surface area contributed by atoms with Crippen LogP contribution in [-0.4, -0.2) is 27.7 Å². The van der Waals surface area contributed by atoms with Gasteiger partial charge in [-0.15, -0.1) is 23.1 Å². The van der Waals surface area contributed by atoms with Crippen molar-refractivity contribution in [1.29, 1.82) is 0 Å². The average molecular weight is 322 g/mol. The van der Waals surface area contributed by atoms with E-state index >= 15 is 0 Å². The first-order valence-electron chi connectivity index (χ1n) is 6.17. The van der Waals surface area contributed by atoms with Crippen LogP contribution in [0, 0.1) is 6.92 Å². The molecule has 1 heterocycles. The number of benzene rings is 1. The summed E-state index contributed by atoms with van der Waals surface area (Å²) in [7, 11) is 0. The van der Waals surface area contributed by atoms with Crippen molar-refractivity contribution < 1.29 is 14.7 Å². The number of nitrogens with one attached hydrogen (secondary N) is 1. The summed E-state index contributed by atoms with van der Waals surface area (Å²) in [5.74, 6) is -0.361. The Labute approximate surface area is 130 Å². The van der Waals surface area contributed by atoms with E-state index in [0.29, 0.717) is 11.4 Å². The van der Waals surface area contributed by atoms with Gasteiger partial charge in [0, 0.05) is 11.1 Å². The van der Waals surface area contributed by atoms with Gasteiger partial charge >= 0.3 is 5.97 Å². The number of carboxylic acid groups (broad SMARTS) is 1. The van der Waals surface area contributed by atoms with E-state index in [1.807, 2.05) is 12.3 Å². The van der Waals surface area contributed by atoms with E-state index in [2.05, 4.69) is 10.3 Å². The molecule has 1 aromatic carbocycles. The lowest BCUT2D eigenvalue weighted by Gasteiger charge is -2.07. The Hall–Kier alpha value is -1.86. The number of rotatable bonds is 6. The SMILES string of the molecule is Cc1nc(CSCC(=O)Nc2ccccc2C(=O)O)cs1. The zero-order valence-corrected chi connectivity index (χ0v) is 13.0. The summed E-state index contributed by atoms with van der Waals surface area (Å²) >= 11 is 3.03. The van der Waals surface area contributed by atoms with E-state index in [9.17, 15) is 9.59 Å². The van der Waals surface area contributed by atoms with Gasteiger partial charge in [-0.3, -0.25) is 4.79 Å². The second-order valence-electron chi connectivity index (χ2n) is 4.25. The molecule has 2 aromatic rings. The summed E-state index contributed by atoms with van der Waals surface area (Å²) in [6.07, 6.45) is 0. The van der Waals surface area contributed by atoms with Crippen molar-refractivity contribution in [2.24, 2.45) is 0 Å². The molecule has 0 fully saturated rings. The van der Waals surface area contributed by atoms with Crippen LogP contribution < -0.4 is 5.32 Å². The largest absolute Gasteiger partial charge is 0.478 e. The van der Waals surface area contributed by atoms with Gasteiger partial charge in [0.2, 0.25) is 5.91 Å². The van der Waals surface area contributed by atoms with Gasteiger partial charge in [0.05, 0.1) is 27.7 Å². The molecule has 1 amide bonds. The van der Waals surface area contributed by atoms with Crippen LogP contribution in [0.1, 0.15) is 21.1 Å². The fourth-order valence-electron chi connectivity index (χ4n) is 1.69. The van der Waals surface area contributed by atoms with Gasteiger partial charge in [0.15, 0.2) is 0 Å². The molecule has 2 N–H and O–H groups in total. The molecule has 21 heavy (non-hydrogen) atoms. The van der Waals surface area contributed by atoms with Crippen molar-refractivity contribution in [3.05, 3.63) is 45.9 Å². The molecule has 0 saturated heterocycles. The summed E-state index contributed by atoms with van der Waals surface area (Å²) in [4.78, 5) is 27.2. The van der Waals surface area contributed by atoms with Crippen molar-refractivity contribution in [3.8, 4) is 0 Å². The second-order valence-corrected chi connectivity index (χ2v) is 6.30. The standard InChI is InChI=1S/C14H14N2O3S2/c1-9-15-10(7-21-9)6-20-8-13(17)16-12-5-3-2-4-11(12)14(18)19/h2-5,7H,6,8H2,1H3,(H,16,17)(H,18,19). The maximum absolute atomic E-state index is 11.8. The molecule has 0 atom stereocenters. The third-order valence-corrected chi connectivity index (χ3v) is 4.37. The number of hydrogen-bond acceptors (Lipinski definition) is 5. The number of thioether (sulfide) groups is 1. The van der Waals surface area contributed by atoms with Crippen molar-refractivity contribution >= 4 is 40.7 Å². The molecule has 0 bridgehead atoms. The molecule has 7 heteroatoms. The fraction of sp³-hybridized carbons (Fsp3) is 0.214. The lowest BCUT2D eigenvalue weighted by Crippen LogP contribution is -2.16. The minimum Gasteiger partial charge on any atom is -0.478 e. The monoisotopic (exact) mass is 322 g/mol. The Morgan fingerprint density at radius 1 is 1.38 bits per heavy atom. The van der Waals surface area contributed by atoms with Gasteiger partial charge in [-0.25, -0.2) is 9.78 Å². The minimum atomic E-state index is -1.06. The highest BCUT2D eigenvalue weighted by Gasteiger charge is 2.11. The predicted octanol–water partition coefficient (Wildman–Crippen LogP) is 3.02. The minimum absolute atomic E-state index is 0.0889. The van der Waals surface area contributed by atoms with Gasteiger partial charge in [-0.05, 0) is 19.1 Å². The van der Waals surface area contributed by atoms with Crippen molar-refractivity contribution in [3.63, 3.8) is 0 Å². The third-order valence-electron chi connectivity index (χ3n) is 2.58. The summed E-state index contributed by atoms with van der Waals surface area (Å²) in [5, 5.41) is 14.6. The number of aromatic carboxylic acids is 1. The first kappa shape index (κ1) is 15.5. The number of thiazole rings is 1. The summed E-state index contributed by atoms with van der Waals surface area (Å²) < 4.78 is 0. The molecule has 0 radical (unpaired) electrons. The van der Waals surface area contributed by atoms with E-state index in [1.54, 1.807) is 29.5 Å². The number of nitrogens with zero attached hydrogens (tertiary/aromatic N) is 1. The van der Waals surface area contributed by atoms with Gasteiger partial charge in [0.1, 0.15) is 0 Å². The third kappa shape index (κ3) is 4.57. The predicted molar refractivity (Wildman–Crippen MR) is 85.0 cm³/mol. The smallest absolute Gasteiger partial charge is 0.337 e. The van der Waals surface area contributed by atoms with Crippen LogP contribution in [0.15, 0.2) is 29.6 Å². The van der Waals surface area contributed by atoms with Crippen LogP contribution in [-0.2, 0) is 10.5 Å². The average Bonchev–Trinajstić information content (AvgIpc) is 2.85. The first-order valence-corrected chi connectivity index (χ1v) is 8.20. The Bertz CT molecular complexity index is 655. The number of carbonyl (C=O) groups excluding carboxylic acids is 1. The number of anilines is 1. The van der Waals surface area contributed by atoms with E-state index in [1.165, 1.54) is 17.8 Å². The molecule has 0 spiro atoms. The zero-order chi connectivity index (χ0) is 15.2. The Morgan fingerprint density at radius 2 is 2.14 bits per heavy atom. The quantitative estimate of drug-likeness (QED) is 0.854. The van der Waals surface area contributed by atoms with Crippen molar-refractivity contribution in [1.82, 2.24) is 4.98 Å². The Kier molecular flexibility index (Phi) is 5.35. The summed E-state index contributed by atoms with van der Waals surface area (Å²) in [6, 6.07) is 6.35. The number of aromatic nitrogens is 1. The molecule has 1 aromatic heterocycles. The summed E-state index contributed by atoms with van der Waals surface area (Å²) in [6.45, 7) is 1.94. The molecular weight excluding hydrogens is 308 g/mol. The van der Waals surface area contributed by atoms with E-state index in [4.69, 9.17) is 5.11 Å². The maximum Gasteiger partial charge on any atom is 0.337 e. The highest BCUT2D eigenvalue weighted by molar-refractivity contribution is 7.99. The van der Waals surface area contributed by atoms with Crippen molar-refractivity contribution in [2.45, 2.75) is 12.7 Å². The molecule has 0 aliphatic rings. The Balaban J connectivity index is 1.86. The lowest BCUT2D eigenvalue weighted by atomic mass is 10.2. The van der Waals surface area contributed by atoms with E-state index in [-0.39, 0.29) is 17.2 Å². The zero-order valence-electron chi connectivity index (χ0n) is 11.3. The topological polar surface area (TPSA) is 79.3 Å². The maximum atomic E-state index is 11.8. The van der Waals surface area contributed by atoms with Crippen LogP contribution in [0.5, 0.6) is 0 Å². The molecule has 0 aliphatic heterocycles. The lowest BCUT2D eigenvalue weighted by molar-refractivity contribution is -0.113. The van der Waals surface area contributed by atoms with Crippen LogP contribution in [0.25, 0.3) is 0 Å². The normalized spacial score (nSPS) is 10.3. The molecule has 0 aliphatic carbocycles. The number of aryl methyl sites for hydroxylation is 1. The van der Waals surface area contributed by atoms with Gasteiger partial charge in [-0.1, -0.05) is 12.1 Å². The number of para-hydroxylation sites is 1. The Morgan fingerprint density at radius 3 is 2.81 bits per heavy atom. The van der Waals surface area contributed by atoms with E-state index in [0.717, 1.165) is 10.7 Å². The molecule has 0 unspecified atom stereocenters. The second kappa shape index (κ2) is 7.24. The van der Waals surface area contributed by atoms with Crippen LogP contribution in [0.2, 0.25) is 0 Å². The fourth-order valence-corrected chi connectivity index (χ4v) is 3.12. The van der Waals surface area contributed by atoms with Crippen LogP contribution >= 0.6 is 23.1 Å². The summed E-state index contributed by atoms with van der Waals surface area (Å²) in [5.41, 5.74) is 1.37. The number of carbonyl (C=O) groups is 2. The number of hydrogen-bond donors (Lipinski definition) is 2. The molecule has 2 rings (SSSR count). The number of amides is 1. The highest BCUT2D eigenvalue weighted by Crippen LogP contribution is 2.17. The van der Waals surface area contributed by atoms with Gasteiger partial charge in [0.25, 0.3) is 0 Å². The van der Waals surface area contributed by atoms with Gasteiger partial charge < -0.3 is 10.4 Å². The van der Waals surface area contributed by atoms with Crippen LogP contribution in [0.3, 0.4) is 0 Å². The molecule has 0 saturated carbocycles.